The van der Waals surface area contributed by atoms with Crippen molar-refractivity contribution in [2.24, 2.45) is 5.92 Å². The largest absolute Gasteiger partial charge is 0.506 e. The molecule has 0 bridgehead atoms. The highest BCUT2D eigenvalue weighted by Crippen LogP contribution is 2.38. The first kappa shape index (κ1) is 33.8. The molecule has 0 unspecified atom stereocenters. The molecule has 43 heavy (non-hydrogen) atoms. The SMILES string of the molecule is CCC(C)(C)c1ccc(OCCCNC(=O)c2ccc3c(NC(=O)OCCC(C)C)cccc3c2O)c(C(C)(C)CC)c1. The van der Waals surface area contributed by atoms with Gasteiger partial charge in [-0.2, -0.15) is 0 Å². The number of phenolic OH excluding ortho intramolecular Hbond substituents is 1. The number of hydrogen-bond donors (Lipinski definition) is 3. The minimum atomic E-state index is -0.553. The zero-order valence-corrected chi connectivity index (χ0v) is 27.2. The van der Waals surface area contributed by atoms with Gasteiger partial charge < -0.3 is 19.9 Å². The molecule has 0 radical (unpaired) electrons. The van der Waals surface area contributed by atoms with E-state index in [0.717, 1.165) is 25.0 Å². The van der Waals surface area contributed by atoms with Gasteiger partial charge in [0.2, 0.25) is 0 Å². The number of rotatable bonds is 14. The van der Waals surface area contributed by atoms with E-state index in [-0.39, 0.29) is 28.1 Å². The van der Waals surface area contributed by atoms with Crippen molar-refractivity contribution >= 4 is 28.5 Å². The van der Waals surface area contributed by atoms with Gasteiger partial charge in [-0.25, -0.2) is 4.79 Å². The lowest BCUT2D eigenvalue weighted by molar-refractivity contribution is 0.0949. The van der Waals surface area contributed by atoms with Crippen LogP contribution in [-0.4, -0.2) is 36.9 Å². The van der Waals surface area contributed by atoms with Crippen LogP contribution in [0.15, 0.2) is 48.5 Å². The fourth-order valence-corrected chi connectivity index (χ4v) is 4.72. The van der Waals surface area contributed by atoms with Gasteiger partial charge in [-0.1, -0.05) is 85.7 Å². The van der Waals surface area contributed by atoms with E-state index in [1.807, 2.05) is 0 Å². The van der Waals surface area contributed by atoms with E-state index in [0.29, 0.717) is 48.6 Å². The maximum Gasteiger partial charge on any atom is 0.411 e. The summed E-state index contributed by atoms with van der Waals surface area (Å²) in [4.78, 5) is 25.2. The van der Waals surface area contributed by atoms with E-state index in [1.165, 1.54) is 11.1 Å². The average Bonchev–Trinajstić information content (AvgIpc) is 2.97. The van der Waals surface area contributed by atoms with Crippen LogP contribution >= 0.6 is 0 Å². The summed E-state index contributed by atoms with van der Waals surface area (Å²) in [6, 6.07) is 15.0. The standard InChI is InChI=1S/C36H50N2O5/c1-9-35(5,6)25-15-18-31(29(23-25)36(7,8)10-2)42-21-12-20-37-33(40)28-17-16-26-27(32(28)39)13-11-14-30(26)38-34(41)43-22-19-24(3)4/h11,13-18,23-24,39H,9-10,12,19-22H2,1-8H3,(H,37,40)(H,38,41). The molecule has 0 spiro atoms. The molecule has 0 aromatic heterocycles. The van der Waals surface area contributed by atoms with Crippen LogP contribution in [-0.2, 0) is 15.6 Å². The summed E-state index contributed by atoms with van der Waals surface area (Å²) in [5, 5.41) is 17.6. The van der Waals surface area contributed by atoms with E-state index in [4.69, 9.17) is 9.47 Å². The number of phenols is 1. The van der Waals surface area contributed by atoms with Crippen LogP contribution in [0.5, 0.6) is 11.5 Å². The number of hydrogen-bond acceptors (Lipinski definition) is 5. The zero-order chi connectivity index (χ0) is 31.8. The van der Waals surface area contributed by atoms with E-state index in [1.54, 1.807) is 30.3 Å². The van der Waals surface area contributed by atoms with Gasteiger partial charge in [0.15, 0.2) is 0 Å². The van der Waals surface area contributed by atoms with Crippen molar-refractivity contribution in [3.8, 4) is 11.5 Å². The summed E-state index contributed by atoms with van der Waals surface area (Å²) >= 11 is 0. The summed E-state index contributed by atoms with van der Waals surface area (Å²) in [5.41, 5.74) is 3.25. The number of ether oxygens (including phenoxy) is 2. The number of benzene rings is 3. The summed E-state index contributed by atoms with van der Waals surface area (Å²) in [6.07, 6.45) is 2.88. The molecule has 3 aromatic rings. The van der Waals surface area contributed by atoms with Crippen LogP contribution in [0.25, 0.3) is 10.8 Å². The minimum Gasteiger partial charge on any atom is -0.506 e. The molecule has 0 aliphatic carbocycles. The molecule has 0 atom stereocenters. The lowest BCUT2D eigenvalue weighted by atomic mass is 9.76. The predicted molar refractivity (Wildman–Crippen MR) is 176 cm³/mol. The molecule has 3 rings (SSSR count). The Morgan fingerprint density at radius 3 is 2.30 bits per heavy atom. The van der Waals surface area contributed by atoms with Crippen LogP contribution in [0, 0.1) is 5.92 Å². The maximum atomic E-state index is 13.0. The number of amides is 2. The van der Waals surface area contributed by atoms with Crippen molar-refractivity contribution in [2.75, 3.05) is 25.1 Å². The molecule has 0 heterocycles. The molecule has 7 nitrogen and oxygen atoms in total. The van der Waals surface area contributed by atoms with Crippen LogP contribution in [0.2, 0.25) is 0 Å². The smallest absolute Gasteiger partial charge is 0.411 e. The zero-order valence-electron chi connectivity index (χ0n) is 27.2. The summed E-state index contributed by atoms with van der Waals surface area (Å²) in [7, 11) is 0. The second-order valence-electron chi connectivity index (χ2n) is 12.9. The van der Waals surface area contributed by atoms with E-state index >= 15 is 0 Å². The first-order valence-electron chi connectivity index (χ1n) is 15.5. The Hall–Kier alpha value is -3.74. The topological polar surface area (TPSA) is 96.9 Å². The van der Waals surface area contributed by atoms with Gasteiger partial charge in [-0.05, 0) is 66.2 Å². The van der Waals surface area contributed by atoms with Crippen molar-refractivity contribution in [1.29, 1.82) is 0 Å². The highest BCUT2D eigenvalue weighted by atomic mass is 16.5. The molecule has 0 saturated carbocycles. The molecule has 3 aromatic carbocycles. The van der Waals surface area contributed by atoms with E-state index in [2.05, 4.69) is 84.2 Å². The molecule has 0 aliphatic rings. The van der Waals surface area contributed by atoms with E-state index in [9.17, 15) is 14.7 Å². The van der Waals surface area contributed by atoms with Gasteiger partial charge in [-0.15, -0.1) is 0 Å². The molecular formula is C36H50N2O5. The Balaban J connectivity index is 1.62. The highest BCUT2D eigenvalue weighted by Gasteiger charge is 2.26. The third-order valence-corrected chi connectivity index (χ3v) is 8.56. The van der Waals surface area contributed by atoms with Crippen molar-refractivity contribution in [2.45, 2.75) is 91.9 Å². The molecular weight excluding hydrogens is 540 g/mol. The monoisotopic (exact) mass is 590 g/mol. The van der Waals surface area contributed by atoms with Gasteiger partial charge in [-0.3, -0.25) is 10.1 Å². The minimum absolute atomic E-state index is 0.0273. The number of fused-ring (bicyclic) bond motifs is 1. The van der Waals surface area contributed by atoms with Gasteiger partial charge in [0.25, 0.3) is 5.91 Å². The Morgan fingerprint density at radius 1 is 0.907 bits per heavy atom. The Labute approximate surface area is 257 Å². The number of carbonyl (C=O) groups is 2. The van der Waals surface area contributed by atoms with Crippen LogP contribution in [0.3, 0.4) is 0 Å². The fourth-order valence-electron chi connectivity index (χ4n) is 4.72. The second kappa shape index (κ2) is 14.6. The molecule has 0 saturated heterocycles. The Morgan fingerprint density at radius 2 is 1.63 bits per heavy atom. The Kier molecular flexibility index (Phi) is 11.5. The third-order valence-electron chi connectivity index (χ3n) is 8.56. The predicted octanol–water partition coefficient (Wildman–Crippen LogP) is 8.71. The average molecular weight is 591 g/mol. The van der Waals surface area contributed by atoms with Crippen molar-refractivity contribution in [3.05, 3.63) is 65.2 Å². The lowest BCUT2D eigenvalue weighted by Crippen LogP contribution is -2.26. The second-order valence-corrected chi connectivity index (χ2v) is 12.9. The van der Waals surface area contributed by atoms with E-state index < -0.39 is 6.09 Å². The normalized spacial score (nSPS) is 11.9. The van der Waals surface area contributed by atoms with Gasteiger partial charge in [0, 0.05) is 22.9 Å². The molecule has 0 fully saturated rings. The number of aromatic hydroxyl groups is 1. The highest BCUT2D eigenvalue weighted by molar-refractivity contribution is 6.08. The lowest BCUT2D eigenvalue weighted by Gasteiger charge is -2.30. The molecule has 3 N–H and O–H groups in total. The fraction of sp³-hybridized carbons (Fsp3) is 0.500. The van der Waals surface area contributed by atoms with Gasteiger partial charge in [0.1, 0.15) is 11.5 Å². The summed E-state index contributed by atoms with van der Waals surface area (Å²) in [6.45, 7) is 18.7. The first-order valence-corrected chi connectivity index (χ1v) is 15.5. The van der Waals surface area contributed by atoms with Crippen molar-refractivity contribution < 1.29 is 24.2 Å². The quantitative estimate of drug-likeness (QED) is 0.163. The summed E-state index contributed by atoms with van der Waals surface area (Å²) in [5.74, 6) is 0.810. The molecule has 234 valence electrons. The number of carbonyl (C=O) groups excluding carboxylic acids is 2. The van der Waals surface area contributed by atoms with Crippen molar-refractivity contribution in [3.63, 3.8) is 0 Å². The molecule has 0 aliphatic heterocycles. The van der Waals surface area contributed by atoms with Crippen LogP contribution < -0.4 is 15.4 Å². The third kappa shape index (κ3) is 8.65. The Bertz CT molecular complexity index is 1410. The van der Waals surface area contributed by atoms with Crippen LogP contribution in [0.1, 0.15) is 103 Å². The number of anilines is 1. The first-order chi connectivity index (χ1) is 20.3. The molecule has 2 amide bonds. The molecule has 7 heteroatoms. The maximum absolute atomic E-state index is 13.0. The van der Waals surface area contributed by atoms with Crippen molar-refractivity contribution in [1.82, 2.24) is 5.32 Å². The van der Waals surface area contributed by atoms with Gasteiger partial charge >= 0.3 is 6.09 Å². The number of nitrogens with one attached hydrogen (secondary N) is 2. The van der Waals surface area contributed by atoms with Crippen LogP contribution in [0.4, 0.5) is 10.5 Å². The van der Waals surface area contributed by atoms with Gasteiger partial charge in [0.05, 0.1) is 24.5 Å². The summed E-state index contributed by atoms with van der Waals surface area (Å²) < 4.78 is 11.5.